The van der Waals surface area contributed by atoms with Gasteiger partial charge in [0.2, 0.25) is 0 Å². The average molecular weight is 407 g/mol. The second kappa shape index (κ2) is 9.67. The minimum atomic E-state index is -1.13. The van der Waals surface area contributed by atoms with E-state index in [0.29, 0.717) is 0 Å². The second-order valence-electron chi connectivity index (χ2n) is 8.78. The predicted octanol–water partition coefficient (Wildman–Crippen LogP) is 2.07. The smallest absolute Gasteiger partial charge is 0.335 e. The van der Waals surface area contributed by atoms with E-state index >= 15 is 0 Å². The summed E-state index contributed by atoms with van der Waals surface area (Å²) in [6.45, 7) is 0. The third kappa shape index (κ3) is 7.74. The summed E-state index contributed by atoms with van der Waals surface area (Å²) in [5.74, 6) is -0.609. The van der Waals surface area contributed by atoms with Crippen LogP contribution in [-0.2, 0) is 0 Å². The lowest BCUT2D eigenvalue weighted by Crippen LogP contribution is -2.52. The standard InChI is InChI=1S/C13H28N4.C8H6O4/c14-12(15)5-1-10(2-6-12)9-11-3-7-13(16,17)8-4-11;9-7(10)5-2-1-3-6(4-5)8(11)12/h10-11H,1-9,14-17H2;1-4H,(H,9,10)(H,11,12). The Kier molecular flexibility index (Phi) is 7.76. The van der Waals surface area contributed by atoms with E-state index < -0.39 is 23.3 Å². The molecule has 3 rings (SSSR count). The molecule has 1 aromatic carbocycles. The van der Waals surface area contributed by atoms with Gasteiger partial charge in [0.25, 0.3) is 0 Å². The maximum atomic E-state index is 10.4. The maximum Gasteiger partial charge on any atom is 0.335 e. The lowest BCUT2D eigenvalue weighted by Gasteiger charge is -2.38. The first-order valence-electron chi connectivity index (χ1n) is 10.2. The Bertz CT molecular complexity index is 645. The summed E-state index contributed by atoms with van der Waals surface area (Å²) in [5.41, 5.74) is 23.0. The highest BCUT2D eigenvalue weighted by atomic mass is 16.4. The van der Waals surface area contributed by atoms with Gasteiger partial charge in [-0.15, -0.1) is 0 Å². The van der Waals surface area contributed by atoms with Crippen LogP contribution in [0.15, 0.2) is 24.3 Å². The molecule has 1 aromatic rings. The Morgan fingerprint density at radius 1 is 0.793 bits per heavy atom. The molecule has 0 saturated heterocycles. The number of rotatable bonds is 4. The van der Waals surface area contributed by atoms with Crippen molar-refractivity contribution in [3.8, 4) is 0 Å². The molecular weight excluding hydrogens is 372 g/mol. The van der Waals surface area contributed by atoms with E-state index in [1.165, 1.54) is 50.3 Å². The molecule has 8 heteroatoms. The van der Waals surface area contributed by atoms with E-state index in [2.05, 4.69) is 0 Å². The van der Waals surface area contributed by atoms with Crippen LogP contribution in [0.4, 0.5) is 0 Å². The summed E-state index contributed by atoms with van der Waals surface area (Å²) < 4.78 is 0. The molecule has 10 N–H and O–H groups in total. The van der Waals surface area contributed by atoms with Gasteiger partial charge in [0.15, 0.2) is 0 Å². The first kappa shape index (κ1) is 23.3. The number of carboxylic acids is 2. The molecule has 0 heterocycles. The lowest BCUT2D eigenvalue weighted by atomic mass is 9.73. The average Bonchev–Trinajstić information content (AvgIpc) is 2.65. The van der Waals surface area contributed by atoms with Crippen LogP contribution in [0.1, 0.15) is 78.5 Å². The first-order valence-corrected chi connectivity index (χ1v) is 10.2. The third-order valence-electron chi connectivity index (χ3n) is 6.10. The topological polar surface area (TPSA) is 179 Å². The fourth-order valence-electron chi connectivity index (χ4n) is 4.16. The number of nitrogens with two attached hydrogens (primary N) is 4. The summed E-state index contributed by atoms with van der Waals surface area (Å²) in [7, 11) is 0. The highest BCUT2D eigenvalue weighted by Crippen LogP contribution is 2.37. The monoisotopic (exact) mass is 406 g/mol. The zero-order chi connectivity index (χ0) is 21.7. The SMILES string of the molecule is NC1(N)CCC(CC2CCC(N)(N)CC2)CC1.O=C(O)c1cccc(C(=O)O)c1. The van der Waals surface area contributed by atoms with Gasteiger partial charge >= 0.3 is 11.9 Å². The van der Waals surface area contributed by atoms with Crippen molar-refractivity contribution in [3.63, 3.8) is 0 Å². The Morgan fingerprint density at radius 3 is 1.45 bits per heavy atom. The van der Waals surface area contributed by atoms with Crippen LogP contribution in [0, 0.1) is 11.8 Å². The molecular formula is C21H34N4O4. The van der Waals surface area contributed by atoms with Crippen molar-refractivity contribution in [2.45, 2.75) is 69.1 Å². The molecule has 2 saturated carbocycles. The molecule has 8 nitrogen and oxygen atoms in total. The third-order valence-corrected chi connectivity index (χ3v) is 6.10. The van der Waals surface area contributed by atoms with Gasteiger partial charge in [0.05, 0.1) is 22.5 Å². The second-order valence-corrected chi connectivity index (χ2v) is 8.78. The zero-order valence-corrected chi connectivity index (χ0v) is 16.8. The van der Waals surface area contributed by atoms with Gasteiger partial charge in [-0.2, -0.15) is 0 Å². The summed E-state index contributed by atoms with van der Waals surface area (Å²) in [6.07, 6.45) is 10.0. The number of hydrogen-bond donors (Lipinski definition) is 6. The van der Waals surface area contributed by atoms with E-state index in [4.69, 9.17) is 33.1 Å². The quantitative estimate of drug-likeness (QED) is 0.411. The molecule has 29 heavy (non-hydrogen) atoms. The van der Waals surface area contributed by atoms with Crippen LogP contribution in [0.2, 0.25) is 0 Å². The molecule has 0 spiro atoms. The van der Waals surface area contributed by atoms with Crippen molar-refractivity contribution in [1.82, 2.24) is 0 Å². The van der Waals surface area contributed by atoms with Crippen molar-refractivity contribution in [3.05, 3.63) is 35.4 Å². The molecule has 0 unspecified atom stereocenters. The number of carbonyl (C=O) groups is 2. The van der Waals surface area contributed by atoms with Crippen molar-refractivity contribution in [1.29, 1.82) is 0 Å². The van der Waals surface area contributed by atoms with Crippen molar-refractivity contribution in [2.24, 2.45) is 34.8 Å². The van der Waals surface area contributed by atoms with E-state index in [0.717, 1.165) is 43.6 Å². The van der Waals surface area contributed by atoms with Crippen LogP contribution in [0.3, 0.4) is 0 Å². The van der Waals surface area contributed by atoms with Gasteiger partial charge in [-0.1, -0.05) is 6.07 Å². The Morgan fingerprint density at radius 2 is 1.14 bits per heavy atom. The minimum Gasteiger partial charge on any atom is -0.478 e. The molecule has 0 aliphatic heterocycles. The van der Waals surface area contributed by atoms with Gasteiger partial charge in [0, 0.05) is 0 Å². The molecule has 0 aromatic heterocycles. The van der Waals surface area contributed by atoms with Crippen LogP contribution < -0.4 is 22.9 Å². The fraction of sp³-hybridized carbons (Fsp3) is 0.619. The number of benzene rings is 1. The van der Waals surface area contributed by atoms with E-state index in [9.17, 15) is 9.59 Å². The summed E-state index contributed by atoms with van der Waals surface area (Å²) in [4.78, 5) is 20.8. The van der Waals surface area contributed by atoms with Crippen LogP contribution in [0.25, 0.3) is 0 Å². The summed E-state index contributed by atoms with van der Waals surface area (Å²) in [6, 6.07) is 5.20. The highest BCUT2D eigenvalue weighted by molar-refractivity contribution is 5.93. The zero-order valence-electron chi connectivity index (χ0n) is 16.8. The van der Waals surface area contributed by atoms with Gasteiger partial charge < -0.3 is 33.1 Å². The van der Waals surface area contributed by atoms with Gasteiger partial charge in [-0.3, -0.25) is 0 Å². The number of hydrogen-bond acceptors (Lipinski definition) is 6. The molecule has 0 amide bonds. The van der Waals surface area contributed by atoms with Crippen molar-refractivity contribution in [2.75, 3.05) is 0 Å². The fourth-order valence-corrected chi connectivity index (χ4v) is 4.16. The van der Waals surface area contributed by atoms with Crippen molar-refractivity contribution >= 4 is 11.9 Å². The van der Waals surface area contributed by atoms with E-state index in [-0.39, 0.29) is 11.1 Å². The first-order chi connectivity index (χ1) is 13.5. The molecule has 162 valence electrons. The molecule has 2 fully saturated rings. The number of aromatic carboxylic acids is 2. The molecule has 2 aliphatic carbocycles. The maximum absolute atomic E-state index is 10.4. The van der Waals surface area contributed by atoms with Crippen molar-refractivity contribution < 1.29 is 19.8 Å². The van der Waals surface area contributed by atoms with Crippen LogP contribution >= 0.6 is 0 Å². The van der Waals surface area contributed by atoms with Gasteiger partial charge in [0.1, 0.15) is 0 Å². The molecule has 2 aliphatic rings. The van der Waals surface area contributed by atoms with E-state index in [1.807, 2.05) is 0 Å². The highest BCUT2D eigenvalue weighted by Gasteiger charge is 2.32. The Hall–Kier alpha value is -2.00. The molecule has 0 radical (unpaired) electrons. The minimum absolute atomic E-state index is 0.0186. The van der Waals surface area contributed by atoms with Gasteiger partial charge in [-0.05, 0) is 87.8 Å². The van der Waals surface area contributed by atoms with Crippen LogP contribution in [-0.4, -0.2) is 33.5 Å². The van der Waals surface area contributed by atoms with Crippen LogP contribution in [0.5, 0.6) is 0 Å². The Balaban J connectivity index is 0.000000221. The lowest BCUT2D eigenvalue weighted by molar-refractivity contribution is 0.0696. The Labute approximate surface area is 171 Å². The normalized spacial score (nSPS) is 21.7. The number of carboxylic acid groups (broad SMARTS) is 2. The molecule has 0 bridgehead atoms. The largest absolute Gasteiger partial charge is 0.478 e. The molecule has 0 atom stereocenters. The predicted molar refractivity (Wildman–Crippen MR) is 111 cm³/mol. The summed E-state index contributed by atoms with van der Waals surface area (Å²) >= 11 is 0. The van der Waals surface area contributed by atoms with E-state index in [1.54, 1.807) is 0 Å². The summed E-state index contributed by atoms with van der Waals surface area (Å²) in [5, 5.41) is 17.0. The van der Waals surface area contributed by atoms with Gasteiger partial charge in [-0.25, -0.2) is 9.59 Å².